The fraction of sp³-hybridized carbons (Fsp3) is 0.471. The van der Waals surface area contributed by atoms with Crippen LogP contribution in [0.1, 0.15) is 59.4 Å². The molecule has 1 saturated heterocycles. The molecule has 2 amide bonds. The van der Waals surface area contributed by atoms with Gasteiger partial charge in [0.05, 0.1) is 17.8 Å². The van der Waals surface area contributed by atoms with Crippen molar-refractivity contribution in [1.29, 1.82) is 0 Å². The molecule has 2 aromatic heterocycles. The zero-order valence-electron chi connectivity index (χ0n) is 13.5. The highest BCUT2D eigenvalue weighted by Gasteiger charge is 2.33. The summed E-state index contributed by atoms with van der Waals surface area (Å²) in [4.78, 5) is 24.5. The van der Waals surface area contributed by atoms with Gasteiger partial charge < -0.3 is 10.6 Å². The second-order valence-electron chi connectivity index (χ2n) is 6.57. The molecular formula is C17H20N4O2S. The average molecular weight is 344 g/mol. The van der Waals surface area contributed by atoms with Crippen molar-refractivity contribution in [3.8, 4) is 0 Å². The number of nitrogens with zero attached hydrogens (tertiary/aromatic N) is 2. The number of hydrogen-bond donors (Lipinski definition) is 2. The Labute approximate surface area is 144 Å². The third-order valence-electron chi connectivity index (χ3n) is 4.75. The van der Waals surface area contributed by atoms with Gasteiger partial charge in [0, 0.05) is 19.4 Å². The van der Waals surface area contributed by atoms with Crippen LogP contribution in [0.3, 0.4) is 0 Å². The van der Waals surface area contributed by atoms with E-state index in [1.165, 1.54) is 0 Å². The fourth-order valence-electron chi connectivity index (χ4n) is 3.25. The van der Waals surface area contributed by atoms with E-state index in [2.05, 4.69) is 15.7 Å². The number of piperidine rings is 1. The van der Waals surface area contributed by atoms with Gasteiger partial charge in [-0.25, -0.2) is 0 Å². The Morgan fingerprint density at radius 3 is 2.96 bits per heavy atom. The molecule has 6 nitrogen and oxygen atoms in total. The summed E-state index contributed by atoms with van der Waals surface area (Å²) in [7, 11) is 1.81. The van der Waals surface area contributed by atoms with Gasteiger partial charge >= 0.3 is 0 Å². The number of aromatic nitrogens is 2. The van der Waals surface area contributed by atoms with Crippen molar-refractivity contribution in [2.75, 3.05) is 0 Å². The predicted molar refractivity (Wildman–Crippen MR) is 90.9 cm³/mol. The van der Waals surface area contributed by atoms with E-state index in [0.29, 0.717) is 24.5 Å². The number of aryl methyl sites for hydroxylation is 1. The molecule has 2 aromatic rings. The van der Waals surface area contributed by atoms with E-state index in [0.717, 1.165) is 24.1 Å². The Hall–Kier alpha value is -2.15. The van der Waals surface area contributed by atoms with Gasteiger partial charge in [-0.15, -0.1) is 0 Å². The summed E-state index contributed by atoms with van der Waals surface area (Å²) in [6.45, 7) is 0. The fourth-order valence-corrected chi connectivity index (χ4v) is 3.94. The van der Waals surface area contributed by atoms with Crippen molar-refractivity contribution in [1.82, 2.24) is 20.4 Å². The highest BCUT2D eigenvalue weighted by atomic mass is 32.1. The number of thiophene rings is 1. The molecule has 0 unspecified atom stereocenters. The zero-order chi connectivity index (χ0) is 16.7. The Morgan fingerprint density at radius 2 is 2.25 bits per heavy atom. The van der Waals surface area contributed by atoms with E-state index in [1.807, 2.05) is 22.9 Å². The molecule has 1 aliphatic heterocycles. The predicted octanol–water partition coefficient (Wildman–Crippen LogP) is 2.11. The van der Waals surface area contributed by atoms with E-state index in [1.54, 1.807) is 23.1 Å². The maximum Gasteiger partial charge on any atom is 0.269 e. The van der Waals surface area contributed by atoms with E-state index in [9.17, 15) is 9.59 Å². The van der Waals surface area contributed by atoms with Crippen LogP contribution in [0.4, 0.5) is 0 Å². The van der Waals surface area contributed by atoms with Gasteiger partial charge in [-0.1, -0.05) is 0 Å². The molecule has 24 heavy (non-hydrogen) atoms. The highest BCUT2D eigenvalue weighted by molar-refractivity contribution is 7.08. The van der Waals surface area contributed by atoms with Crippen molar-refractivity contribution in [2.24, 2.45) is 7.05 Å². The van der Waals surface area contributed by atoms with Crippen LogP contribution in [0.2, 0.25) is 0 Å². The van der Waals surface area contributed by atoms with Crippen LogP contribution in [-0.4, -0.2) is 27.6 Å². The van der Waals surface area contributed by atoms with Gasteiger partial charge in [0.25, 0.3) is 5.91 Å². The molecule has 0 aromatic carbocycles. The molecule has 0 radical (unpaired) electrons. The van der Waals surface area contributed by atoms with Crippen molar-refractivity contribution in [2.45, 2.75) is 43.7 Å². The van der Waals surface area contributed by atoms with E-state index < -0.39 is 0 Å². The van der Waals surface area contributed by atoms with Crippen LogP contribution in [0.15, 0.2) is 22.9 Å². The molecule has 2 aliphatic rings. The van der Waals surface area contributed by atoms with Crippen molar-refractivity contribution < 1.29 is 9.59 Å². The molecule has 3 heterocycles. The molecule has 0 spiro atoms. The summed E-state index contributed by atoms with van der Waals surface area (Å²) in [5.41, 5.74) is 2.63. The molecule has 7 heteroatoms. The molecule has 2 atom stereocenters. The smallest absolute Gasteiger partial charge is 0.269 e. The summed E-state index contributed by atoms with van der Waals surface area (Å²) in [6.07, 6.45) is 3.40. The highest BCUT2D eigenvalue weighted by Crippen LogP contribution is 2.39. The van der Waals surface area contributed by atoms with Crippen LogP contribution >= 0.6 is 11.3 Å². The van der Waals surface area contributed by atoms with Gasteiger partial charge in [0.1, 0.15) is 5.69 Å². The average Bonchev–Trinajstić information content (AvgIpc) is 3.12. The quantitative estimate of drug-likeness (QED) is 0.892. The summed E-state index contributed by atoms with van der Waals surface area (Å²) < 4.78 is 1.66. The maximum absolute atomic E-state index is 12.7. The van der Waals surface area contributed by atoms with E-state index in [4.69, 9.17) is 0 Å². The van der Waals surface area contributed by atoms with Crippen LogP contribution in [0.25, 0.3) is 0 Å². The molecule has 4 rings (SSSR count). The third-order valence-corrected chi connectivity index (χ3v) is 5.45. The van der Waals surface area contributed by atoms with E-state index in [-0.39, 0.29) is 23.9 Å². The maximum atomic E-state index is 12.7. The molecular weight excluding hydrogens is 324 g/mol. The SMILES string of the molecule is Cn1nc(C2CC2)cc1C(=O)N[C@@H]1CCC(=O)N[C@H]1c1ccsc1. The third kappa shape index (κ3) is 2.96. The number of rotatable bonds is 4. The Bertz CT molecular complexity index is 764. The number of nitrogens with one attached hydrogen (secondary N) is 2. The molecule has 1 aliphatic carbocycles. The Kier molecular flexibility index (Phi) is 3.88. The lowest BCUT2D eigenvalue weighted by atomic mass is 9.93. The minimum Gasteiger partial charge on any atom is -0.347 e. The minimum atomic E-state index is -0.169. The van der Waals surface area contributed by atoms with Gasteiger partial charge in [0.2, 0.25) is 5.91 Å². The van der Waals surface area contributed by atoms with Crippen molar-refractivity contribution in [3.63, 3.8) is 0 Å². The minimum absolute atomic E-state index is 0.0354. The summed E-state index contributed by atoms with van der Waals surface area (Å²) >= 11 is 1.59. The Morgan fingerprint density at radius 1 is 1.42 bits per heavy atom. The van der Waals surface area contributed by atoms with Gasteiger partial charge in [-0.2, -0.15) is 16.4 Å². The van der Waals surface area contributed by atoms with E-state index >= 15 is 0 Å². The lowest BCUT2D eigenvalue weighted by Crippen LogP contribution is -2.50. The first-order valence-electron chi connectivity index (χ1n) is 8.28. The first kappa shape index (κ1) is 15.4. The molecule has 2 fully saturated rings. The summed E-state index contributed by atoms with van der Waals surface area (Å²) in [6, 6.07) is 3.62. The van der Waals surface area contributed by atoms with Gasteiger partial charge in [0.15, 0.2) is 0 Å². The lowest BCUT2D eigenvalue weighted by molar-refractivity contribution is -0.123. The molecule has 2 N–H and O–H groups in total. The van der Waals surface area contributed by atoms with Crippen LogP contribution in [0, 0.1) is 0 Å². The van der Waals surface area contributed by atoms with Crippen LogP contribution < -0.4 is 10.6 Å². The normalized spacial score (nSPS) is 23.8. The van der Waals surface area contributed by atoms with Crippen molar-refractivity contribution in [3.05, 3.63) is 39.8 Å². The first-order valence-corrected chi connectivity index (χ1v) is 9.22. The van der Waals surface area contributed by atoms with Gasteiger partial charge in [-0.05, 0) is 47.7 Å². The number of carbonyl (C=O) groups is 2. The van der Waals surface area contributed by atoms with Crippen LogP contribution in [0.5, 0.6) is 0 Å². The standard InChI is InChI=1S/C17H20N4O2S/c1-21-14(8-13(20-21)10-2-3-10)17(23)18-12-4-5-15(22)19-16(12)11-6-7-24-9-11/h6-10,12,16H,2-5H2,1H3,(H,18,23)(H,19,22)/t12-,16+/m1/s1. The molecule has 1 saturated carbocycles. The second-order valence-corrected chi connectivity index (χ2v) is 7.35. The largest absolute Gasteiger partial charge is 0.347 e. The molecule has 126 valence electrons. The first-order chi connectivity index (χ1) is 11.6. The topological polar surface area (TPSA) is 76.0 Å². The number of amides is 2. The zero-order valence-corrected chi connectivity index (χ0v) is 14.3. The van der Waals surface area contributed by atoms with Crippen LogP contribution in [-0.2, 0) is 11.8 Å². The summed E-state index contributed by atoms with van der Waals surface area (Å²) in [5.74, 6) is 0.428. The second kappa shape index (κ2) is 6.05. The number of hydrogen-bond acceptors (Lipinski definition) is 4. The van der Waals surface area contributed by atoms with Crippen molar-refractivity contribution >= 4 is 23.2 Å². The lowest BCUT2D eigenvalue weighted by Gasteiger charge is -2.32. The monoisotopic (exact) mass is 344 g/mol. The summed E-state index contributed by atoms with van der Waals surface area (Å²) in [5, 5.41) is 14.6. The number of carbonyl (C=O) groups excluding carboxylic acids is 2. The van der Waals surface area contributed by atoms with Gasteiger partial charge in [-0.3, -0.25) is 14.3 Å². The Balaban J connectivity index is 1.52. The molecule has 0 bridgehead atoms.